The Morgan fingerprint density at radius 3 is 2.43 bits per heavy atom. The van der Waals surface area contributed by atoms with E-state index in [0.29, 0.717) is 0 Å². The van der Waals surface area contributed by atoms with Crippen molar-refractivity contribution in [3.05, 3.63) is 29.3 Å². The lowest BCUT2D eigenvalue weighted by atomic mass is 10.00. The highest BCUT2D eigenvalue weighted by Crippen LogP contribution is 2.15. The van der Waals surface area contributed by atoms with Crippen molar-refractivity contribution in [2.45, 2.75) is 39.5 Å². The van der Waals surface area contributed by atoms with Crippen molar-refractivity contribution in [2.24, 2.45) is 0 Å². The highest BCUT2D eigenvalue weighted by Gasteiger charge is 2.06. The minimum Gasteiger partial charge on any atom is -0.269 e. The maximum absolute atomic E-state index is 11.0. The number of aryl methyl sites for hydroxylation is 1. The van der Waals surface area contributed by atoms with Gasteiger partial charge in [0.15, 0.2) is 8.46 Å². The molecular weight excluding hydrogens is 191 g/mol. The van der Waals surface area contributed by atoms with E-state index in [1.165, 1.54) is 11.1 Å². The van der Waals surface area contributed by atoms with E-state index in [0.717, 1.165) is 31.0 Å². The predicted molar refractivity (Wildman–Crippen MR) is 61.7 cm³/mol. The molecule has 0 saturated heterocycles. The van der Waals surface area contributed by atoms with E-state index in [-0.39, 0.29) is 8.46 Å². The minimum absolute atomic E-state index is 0.157. The smallest absolute Gasteiger partial charge is 0.192 e. The Morgan fingerprint density at radius 1 is 1.14 bits per heavy atom. The first-order valence-corrected chi connectivity index (χ1v) is 6.08. The second-order valence-corrected chi connectivity index (χ2v) is 4.17. The number of benzene rings is 1. The van der Waals surface area contributed by atoms with Gasteiger partial charge in [0.1, 0.15) is 0 Å². The van der Waals surface area contributed by atoms with Crippen LogP contribution in [0.25, 0.3) is 0 Å². The summed E-state index contributed by atoms with van der Waals surface area (Å²) in [4.78, 5) is 0. The van der Waals surface area contributed by atoms with E-state index in [1.54, 1.807) is 0 Å². The summed E-state index contributed by atoms with van der Waals surface area (Å²) in [5.41, 5.74) is 2.67. The highest BCUT2D eigenvalue weighted by atomic mass is 31.1. The lowest BCUT2D eigenvalue weighted by molar-refractivity contribution is 0.603. The Bertz CT molecular complexity index is 307. The molecule has 0 spiro atoms. The van der Waals surface area contributed by atoms with Gasteiger partial charge < -0.3 is 0 Å². The van der Waals surface area contributed by atoms with Crippen molar-refractivity contribution in [2.75, 3.05) is 0 Å². The van der Waals surface area contributed by atoms with Gasteiger partial charge in [-0.3, -0.25) is 4.57 Å². The molecule has 0 atom stereocenters. The zero-order chi connectivity index (χ0) is 10.4. The zero-order valence-electron chi connectivity index (χ0n) is 8.92. The summed E-state index contributed by atoms with van der Waals surface area (Å²) in [6.45, 7) is 4.34. The Morgan fingerprint density at radius 2 is 1.86 bits per heavy atom. The summed E-state index contributed by atoms with van der Waals surface area (Å²) in [6.07, 6.45) is 4.40. The van der Waals surface area contributed by atoms with Gasteiger partial charge in [0.05, 0.1) is 0 Å². The van der Waals surface area contributed by atoms with Gasteiger partial charge in [-0.2, -0.15) is 0 Å². The van der Waals surface area contributed by atoms with Gasteiger partial charge in [0, 0.05) is 5.30 Å². The molecule has 1 aromatic carbocycles. The summed E-state index contributed by atoms with van der Waals surface area (Å²) in [6, 6.07) is 6.12. The molecule has 0 unspecified atom stereocenters. The van der Waals surface area contributed by atoms with Crippen LogP contribution in [0.1, 0.15) is 37.8 Å². The summed E-state index contributed by atoms with van der Waals surface area (Å²) in [5, 5.41) is 0.970. The minimum atomic E-state index is 0.157. The van der Waals surface area contributed by atoms with Gasteiger partial charge in [-0.05, 0) is 30.0 Å². The average Bonchev–Trinajstić information content (AvgIpc) is 2.21. The molecule has 0 aromatic heterocycles. The molecule has 0 radical (unpaired) electrons. The fourth-order valence-electron chi connectivity index (χ4n) is 1.75. The van der Waals surface area contributed by atoms with Crippen LogP contribution in [0.5, 0.6) is 0 Å². The SMILES string of the molecule is CCCc1cccc(P=O)c1CCC. The van der Waals surface area contributed by atoms with Crippen molar-refractivity contribution >= 4 is 13.8 Å². The van der Waals surface area contributed by atoms with Crippen molar-refractivity contribution in [3.8, 4) is 0 Å². The van der Waals surface area contributed by atoms with E-state index in [2.05, 4.69) is 19.9 Å². The van der Waals surface area contributed by atoms with E-state index in [4.69, 9.17) is 0 Å². The molecule has 0 saturated carbocycles. The molecular formula is C12H17OP. The number of hydrogen-bond donors (Lipinski definition) is 0. The molecule has 0 fully saturated rings. The maximum Gasteiger partial charge on any atom is 0.192 e. The third-order valence-electron chi connectivity index (χ3n) is 2.37. The van der Waals surface area contributed by atoms with E-state index in [9.17, 15) is 4.57 Å². The Kier molecular flexibility index (Phi) is 4.82. The fourth-order valence-corrected chi connectivity index (χ4v) is 2.26. The molecule has 1 nitrogen and oxygen atoms in total. The van der Waals surface area contributed by atoms with Gasteiger partial charge in [0.25, 0.3) is 0 Å². The third-order valence-corrected chi connectivity index (χ3v) is 2.98. The summed E-state index contributed by atoms with van der Waals surface area (Å²) >= 11 is 0. The maximum atomic E-state index is 11.0. The monoisotopic (exact) mass is 208 g/mol. The van der Waals surface area contributed by atoms with Crippen LogP contribution < -0.4 is 5.30 Å². The first kappa shape index (κ1) is 11.4. The summed E-state index contributed by atoms with van der Waals surface area (Å²) < 4.78 is 11.0. The Labute approximate surface area is 87.7 Å². The van der Waals surface area contributed by atoms with Crippen LogP contribution in [-0.4, -0.2) is 0 Å². The highest BCUT2D eigenvalue weighted by molar-refractivity contribution is 7.34. The first-order valence-electron chi connectivity index (χ1n) is 5.27. The first-order chi connectivity index (χ1) is 6.83. The lowest BCUT2D eigenvalue weighted by Gasteiger charge is -2.09. The van der Waals surface area contributed by atoms with Crippen LogP contribution in [0.4, 0.5) is 0 Å². The molecule has 0 aliphatic carbocycles. The van der Waals surface area contributed by atoms with Crippen molar-refractivity contribution in [3.63, 3.8) is 0 Å². The molecule has 0 heterocycles. The molecule has 1 aromatic rings. The van der Waals surface area contributed by atoms with E-state index in [1.807, 2.05) is 12.1 Å². The van der Waals surface area contributed by atoms with Gasteiger partial charge in [-0.1, -0.05) is 38.8 Å². The van der Waals surface area contributed by atoms with Gasteiger partial charge in [-0.15, -0.1) is 0 Å². The standard InChI is InChI=1S/C12H17OP/c1-3-6-10-8-5-9-12(14-13)11(10)7-4-2/h5,8-9H,3-4,6-7H2,1-2H3. The molecule has 2 heteroatoms. The second kappa shape index (κ2) is 5.93. The molecule has 0 aliphatic heterocycles. The largest absolute Gasteiger partial charge is 0.269 e. The number of rotatable bonds is 5. The van der Waals surface area contributed by atoms with Gasteiger partial charge in [-0.25, -0.2) is 0 Å². The van der Waals surface area contributed by atoms with Crippen molar-refractivity contribution in [1.29, 1.82) is 0 Å². The zero-order valence-corrected chi connectivity index (χ0v) is 9.81. The van der Waals surface area contributed by atoms with Crippen LogP contribution in [0.15, 0.2) is 18.2 Å². The summed E-state index contributed by atoms with van der Waals surface area (Å²) in [5.74, 6) is 0. The van der Waals surface area contributed by atoms with Crippen molar-refractivity contribution < 1.29 is 4.57 Å². The van der Waals surface area contributed by atoms with Gasteiger partial charge >= 0.3 is 0 Å². The Balaban J connectivity index is 3.06. The van der Waals surface area contributed by atoms with Crippen LogP contribution in [0.2, 0.25) is 0 Å². The molecule has 0 amide bonds. The molecule has 0 bridgehead atoms. The van der Waals surface area contributed by atoms with E-state index >= 15 is 0 Å². The van der Waals surface area contributed by atoms with E-state index < -0.39 is 0 Å². The lowest BCUT2D eigenvalue weighted by Crippen LogP contribution is -2.06. The second-order valence-electron chi connectivity index (χ2n) is 3.51. The van der Waals surface area contributed by atoms with Crippen LogP contribution in [0, 0.1) is 0 Å². The third kappa shape index (κ3) is 2.65. The quantitative estimate of drug-likeness (QED) is 0.677. The fraction of sp³-hybridized carbons (Fsp3) is 0.500. The van der Waals surface area contributed by atoms with Crippen LogP contribution in [0.3, 0.4) is 0 Å². The average molecular weight is 208 g/mol. The van der Waals surface area contributed by atoms with Crippen LogP contribution in [-0.2, 0) is 17.4 Å². The van der Waals surface area contributed by atoms with Crippen molar-refractivity contribution in [1.82, 2.24) is 0 Å². The topological polar surface area (TPSA) is 17.1 Å². The van der Waals surface area contributed by atoms with Crippen LogP contribution >= 0.6 is 8.46 Å². The predicted octanol–water partition coefficient (Wildman–Crippen LogP) is 3.51. The normalized spacial score (nSPS) is 10.7. The van der Waals surface area contributed by atoms with Gasteiger partial charge in [0.2, 0.25) is 0 Å². The molecule has 0 aliphatic rings. The molecule has 14 heavy (non-hydrogen) atoms. The number of hydrogen-bond acceptors (Lipinski definition) is 1. The summed E-state index contributed by atoms with van der Waals surface area (Å²) in [7, 11) is 0.157. The molecule has 1 rings (SSSR count). The Hall–Kier alpha value is -0.680. The molecule has 76 valence electrons. The molecule has 0 N–H and O–H groups in total.